The van der Waals surface area contributed by atoms with E-state index in [1.54, 1.807) is 6.92 Å². The molecule has 0 saturated heterocycles. The summed E-state index contributed by atoms with van der Waals surface area (Å²) in [6, 6.07) is 7.76. The highest BCUT2D eigenvalue weighted by molar-refractivity contribution is 5.46. The number of rotatable bonds is 6. The topological polar surface area (TPSA) is 41.5 Å². The summed E-state index contributed by atoms with van der Waals surface area (Å²) in [4.78, 5) is 0. The first kappa shape index (κ1) is 11.9. The van der Waals surface area contributed by atoms with E-state index in [2.05, 4.69) is 12.2 Å². The number of aliphatic hydroxyl groups excluding tert-OH is 1. The number of aliphatic hydroxyl groups is 1. The lowest BCUT2D eigenvalue weighted by Crippen LogP contribution is -2.15. The molecule has 0 saturated carbocycles. The molecule has 0 amide bonds. The maximum atomic E-state index is 9.10. The third kappa shape index (κ3) is 4.70. The highest BCUT2D eigenvalue weighted by atomic mass is 16.5. The molecular formula is C12H19NO2. The average Bonchev–Trinajstić information content (AvgIpc) is 2.25. The largest absolute Gasteiger partial charge is 0.494 e. The average molecular weight is 209 g/mol. The maximum absolute atomic E-state index is 9.10. The van der Waals surface area contributed by atoms with Gasteiger partial charge in [0, 0.05) is 12.2 Å². The van der Waals surface area contributed by atoms with Gasteiger partial charge in [-0.1, -0.05) is 6.92 Å². The number of hydrogen-bond donors (Lipinski definition) is 2. The molecule has 1 unspecified atom stereocenters. The van der Waals surface area contributed by atoms with Crippen LogP contribution in [0.1, 0.15) is 20.3 Å². The van der Waals surface area contributed by atoms with Crippen LogP contribution in [0.15, 0.2) is 24.3 Å². The Morgan fingerprint density at radius 1 is 1.33 bits per heavy atom. The molecule has 15 heavy (non-hydrogen) atoms. The molecule has 0 radical (unpaired) electrons. The van der Waals surface area contributed by atoms with Gasteiger partial charge in [-0.2, -0.15) is 0 Å². The Bertz CT molecular complexity index is 269. The highest BCUT2D eigenvalue weighted by Gasteiger charge is 1.97. The summed E-state index contributed by atoms with van der Waals surface area (Å²) in [5.41, 5.74) is 1.000. The molecule has 0 aliphatic rings. The van der Waals surface area contributed by atoms with Gasteiger partial charge in [-0.3, -0.25) is 0 Å². The molecule has 1 aromatic rings. The van der Waals surface area contributed by atoms with Crippen LogP contribution >= 0.6 is 0 Å². The predicted molar refractivity (Wildman–Crippen MR) is 62.4 cm³/mol. The Kier molecular flexibility index (Phi) is 4.98. The van der Waals surface area contributed by atoms with E-state index in [1.165, 1.54) is 0 Å². The lowest BCUT2D eigenvalue weighted by molar-refractivity contribution is 0.208. The normalized spacial score (nSPS) is 12.2. The fourth-order valence-corrected chi connectivity index (χ4v) is 1.15. The van der Waals surface area contributed by atoms with Crippen LogP contribution in [0.2, 0.25) is 0 Å². The van der Waals surface area contributed by atoms with Gasteiger partial charge in [-0.25, -0.2) is 0 Å². The van der Waals surface area contributed by atoms with Crippen LogP contribution in [0, 0.1) is 0 Å². The molecule has 1 rings (SSSR count). The summed E-state index contributed by atoms with van der Waals surface area (Å²) < 4.78 is 5.46. The standard InChI is InChI=1S/C12H19NO2/c1-3-8-15-12-6-4-11(5-7-12)13-9-10(2)14/h4-7,10,13-14H,3,8-9H2,1-2H3. The third-order valence-corrected chi connectivity index (χ3v) is 1.93. The Balaban J connectivity index is 2.41. The van der Waals surface area contributed by atoms with E-state index in [4.69, 9.17) is 9.84 Å². The second-order valence-corrected chi connectivity index (χ2v) is 3.60. The summed E-state index contributed by atoms with van der Waals surface area (Å²) >= 11 is 0. The van der Waals surface area contributed by atoms with Crippen molar-refractivity contribution in [2.24, 2.45) is 0 Å². The van der Waals surface area contributed by atoms with Gasteiger partial charge in [0.05, 0.1) is 12.7 Å². The Morgan fingerprint density at radius 3 is 2.53 bits per heavy atom. The minimum absolute atomic E-state index is 0.332. The van der Waals surface area contributed by atoms with E-state index in [1.807, 2.05) is 24.3 Å². The van der Waals surface area contributed by atoms with Gasteiger partial charge in [0.25, 0.3) is 0 Å². The SMILES string of the molecule is CCCOc1ccc(NCC(C)O)cc1. The fraction of sp³-hybridized carbons (Fsp3) is 0.500. The van der Waals surface area contributed by atoms with E-state index < -0.39 is 0 Å². The van der Waals surface area contributed by atoms with Crippen LogP contribution in [0.5, 0.6) is 5.75 Å². The maximum Gasteiger partial charge on any atom is 0.119 e. The number of hydrogen-bond acceptors (Lipinski definition) is 3. The van der Waals surface area contributed by atoms with Gasteiger partial charge in [0.2, 0.25) is 0 Å². The molecule has 2 N–H and O–H groups in total. The molecule has 0 aliphatic heterocycles. The first-order valence-corrected chi connectivity index (χ1v) is 5.37. The van der Waals surface area contributed by atoms with Crippen LogP contribution in [-0.2, 0) is 0 Å². The first-order chi connectivity index (χ1) is 7.22. The van der Waals surface area contributed by atoms with Crippen molar-refractivity contribution in [3.8, 4) is 5.75 Å². The van der Waals surface area contributed by atoms with E-state index in [0.29, 0.717) is 6.54 Å². The minimum Gasteiger partial charge on any atom is -0.494 e. The third-order valence-electron chi connectivity index (χ3n) is 1.93. The highest BCUT2D eigenvalue weighted by Crippen LogP contribution is 2.15. The van der Waals surface area contributed by atoms with Crippen molar-refractivity contribution in [1.29, 1.82) is 0 Å². The monoisotopic (exact) mass is 209 g/mol. The van der Waals surface area contributed by atoms with E-state index in [0.717, 1.165) is 24.5 Å². The lowest BCUT2D eigenvalue weighted by Gasteiger charge is -2.09. The number of benzene rings is 1. The zero-order chi connectivity index (χ0) is 11.1. The fourth-order valence-electron chi connectivity index (χ4n) is 1.15. The van der Waals surface area contributed by atoms with E-state index >= 15 is 0 Å². The first-order valence-electron chi connectivity index (χ1n) is 5.37. The second kappa shape index (κ2) is 6.30. The second-order valence-electron chi connectivity index (χ2n) is 3.60. The minimum atomic E-state index is -0.332. The summed E-state index contributed by atoms with van der Waals surface area (Å²) in [6.07, 6.45) is 0.684. The quantitative estimate of drug-likeness (QED) is 0.755. The zero-order valence-corrected chi connectivity index (χ0v) is 9.36. The van der Waals surface area contributed by atoms with Crippen LogP contribution < -0.4 is 10.1 Å². The Hall–Kier alpha value is -1.22. The molecule has 1 atom stereocenters. The number of ether oxygens (including phenoxy) is 1. The van der Waals surface area contributed by atoms with E-state index in [9.17, 15) is 0 Å². The predicted octanol–water partition coefficient (Wildman–Crippen LogP) is 2.27. The molecule has 0 spiro atoms. The van der Waals surface area contributed by atoms with Crippen molar-refractivity contribution in [2.45, 2.75) is 26.4 Å². The van der Waals surface area contributed by atoms with E-state index in [-0.39, 0.29) is 6.10 Å². The number of anilines is 1. The Labute approximate surface area is 91.1 Å². The van der Waals surface area contributed by atoms with Gasteiger partial charge in [0.1, 0.15) is 5.75 Å². The van der Waals surface area contributed by atoms with Crippen LogP contribution in [-0.4, -0.2) is 24.4 Å². The molecule has 0 heterocycles. The summed E-state index contributed by atoms with van der Waals surface area (Å²) in [5.74, 6) is 0.888. The van der Waals surface area contributed by atoms with Crippen molar-refractivity contribution in [2.75, 3.05) is 18.5 Å². The van der Waals surface area contributed by atoms with Crippen molar-refractivity contribution in [3.63, 3.8) is 0 Å². The molecule has 0 aromatic heterocycles. The van der Waals surface area contributed by atoms with Crippen LogP contribution in [0.3, 0.4) is 0 Å². The van der Waals surface area contributed by atoms with Crippen molar-refractivity contribution >= 4 is 5.69 Å². The van der Waals surface area contributed by atoms with Crippen molar-refractivity contribution in [1.82, 2.24) is 0 Å². The molecule has 1 aromatic carbocycles. The van der Waals surface area contributed by atoms with Crippen molar-refractivity contribution in [3.05, 3.63) is 24.3 Å². The summed E-state index contributed by atoms with van der Waals surface area (Å²) in [6.45, 7) is 5.15. The molecular weight excluding hydrogens is 190 g/mol. The molecule has 0 aliphatic carbocycles. The van der Waals surface area contributed by atoms with Crippen LogP contribution in [0.25, 0.3) is 0 Å². The Morgan fingerprint density at radius 2 is 2.00 bits per heavy atom. The van der Waals surface area contributed by atoms with Gasteiger partial charge in [-0.05, 0) is 37.6 Å². The lowest BCUT2D eigenvalue weighted by atomic mass is 10.3. The van der Waals surface area contributed by atoms with Crippen LogP contribution in [0.4, 0.5) is 5.69 Å². The van der Waals surface area contributed by atoms with Gasteiger partial charge >= 0.3 is 0 Å². The molecule has 84 valence electrons. The zero-order valence-electron chi connectivity index (χ0n) is 9.36. The molecule has 0 fully saturated rings. The summed E-state index contributed by atoms with van der Waals surface area (Å²) in [5, 5.41) is 12.2. The smallest absolute Gasteiger partial charge is 0.119 e. The molecule has 0 bridgehead atoms. The van der Waals surface area contributed by atoms with Gasteiger partial charge in [-0.15, -0.1) is 0 Å². The number of nitrogens with one attached hydrogen (secondary N) is 1. The molecule has 3 heteroatoms. The van der Waals surface area contributed by atoms with Gasteiger partial charge in [0.15, 0.2) is 0 Å². The van der Waals surface area contributed by atoms with Crippen molar-refractivity contribution < 1.29 is 9.84 Å². The molecule has 3 nitrogen and oxygen atoms in total. The van der Waals surface area contributed by atoms with Gasteiger partial charge < -0.3 is 15.2 Å². The summed E-state index contributed by atoms with van der Waals surface area (Å²) in [7, 11) is 0.